The molecule has 5 rings (SSSR count). The van der Waals surface area contributed by atoms with E-state index in [0.717, 1.165) is 22.4 Å². The topological polar surface area (TPSA) is 78.3 Å². The second-order valence-electron chi connectivity index (χ2n) is 8.85. The molecule has 1 N–H and O–H groups in total. The number of anilines is 1. The maximum atomic E-state index is 12.8. The van der Waals surface area contributed by atoms with E-state index in [2.05, 4.69) is 5.32 Å². The first-order valence-electron chi connectivity index (χ1n) is 12.1. The average Bonchev–Trinajstić information content (AvgIpc) is 3.33. The van der Waals surface area contributed by atoms with Gasteiger partial charge >= 0.3 is 0 Å². The molecule has 0 radical (unpaired) electrons. The molecule has 194 valence electrons. The van der Waals surface area contributed by atoms with Crippen LogP contribution in [0.2, 0.25) is 5.02 Å². The lowest BCUT2D eigenvalue weighted by molar-refractivity contribution is -0.114. The van der Waals surface area contributed by atoms with Gasteiger partial charge in [0, 0.05) is 22.0 Å². The number of nitrogens with zero attached hydrogens (tertiary/aromatic N) is 3. The van der Waals surface area contributed by atoms with Gasteiger partial charge in [0.2, 0.25) is 11.1 Å². The third-order valence-corrected chi connectivity index (χ3v) is 7.52. The van der Waals surface area contributed by atoms with E-state index in [-0.39, 0.29) is 5.78 Å². The number of thioether (sulfide) groups is 1. The van der Waals surface area contributed by atoms with E-state index in [1.165, 1.54) is 11.8 Å². The van der Waals surface area contributed by atoms with Crippen LogP contribution in [-0.4, -0.2) is 27.7 Å². The molecular formula is C29H27ClN4O3S. The Balaban J connectivity index is 1.45. The highest BCUT2D eigenvalue weighted by molar-refractivity contribution is 7.98. The van der Waals surface area contributed by atoms with Crippen molar-refractivity contribution in [2.45, 2.75) is 37.4 Å². The Morgan fingerprint density at radius 3 is 2.58 bits per heavy atom. The molecule has 1 aromatic heterocycles. The molecular weight excluding hydrogens is 520 g/mol. The van der Waals surface area contributed by atoms with Crippen molar-refractivity contribution < 1.29 is 14.3 Å². The van der Waals surface area contributed by atoms with Crippen molar-refractivity contribution in [2.24, 2.45) is 0 Å². The maximum Gasteiger partial charge on any atom is 0.227 e. The number of ether oxygens (including phenoxy) is 2. The zero-order valence-corrected chi connectivity index (χ0v) is 22.8. The lowest BCUT2D eigenvalue weighted by atomic mass is 9.93. The summed E-state index contributed by atoms with van der Waals surface area (Å²) in [5, 5.41) is 9.33. The van der Waals surface area contributed by atoms with E-state index in [1.807, 2.05) is 79.7 Å². The quantitative estimate of drug-likeness (QED) is 0.234. The fourth-order valence-electron chi connectivity index (χ4n) is 4.42. The minimum atomic E-state index is -0.469. The summed E-state index contributed by atoms with van der Waals surface area (Å²) in [7, 11) is 1.61. The summed E-state index contributed by atoms with van der Waals surface area (Å²) < 4.78 is 13.5. The lowest BCUT2D eigenvalue weighted by Crippen LogP contribution is -2.27. The summed E-state index contributed by atoms with van der Waals surface area (Å²) in [6, 6.07) is 22.9. The Bertz CT molecular complexity index is 1500. The van der Waals surface area contributed by atoms with Gasteiger partial charge < -0.3 is 14.8 Å². The average molecular weight is 547 g/mol. The molecule has 1 unspecified atom stereocenters. The van der Waals surface area contributed by atoms with E-state index in [9.17, 15) is 4.79 Å². The fourth-order valence-corrected chi connectivity index (χ4v) is 5.54. The van der Waals surface area contributed by atoms with E-state index in [4.69, 9.17) is 31.2 Å². The summed E-state index contributed by atoms with van der Waals surface area (Å²) in [6.07, 6.45) is 0. The Labute approximate surface area is 230 Å². The van der Waals surface area contributed by atoms with Gasteiger partial charge in [0.15, 0.2) is 17.3 Å². The van der Waals surface area contributed by atoms with Crippen LogP contribution >= 0.6 is 23.4 Å². The molecule has 0 aliphatic carbocycles. The molecule has 0 amide bonds. The van der Waals surface area contributed by atoms with Crippen LogP contribution < -0.4 is 14.8 Å². The summed E-state index contributed by atoms with van der Waals surface area (Å²) in [5.74, 6) is 2.35. The summed E-state index contributed by atoms with van der Waals surface area (Å²) >= 11 is 7.82. The van der Waals surface area contributed by atoms with Gasteiger partial charge in [0.1, 0.15) is 12.6 Å². The molecule has 0 fully saturated rings. The Morgan fingerprint density at radius 1 is 1.08 bits per heavy atom. The molecule has 3 aromatic carbocycles. The molecule has 0 saturated heterocycles. The van der Waals surface area contributed by atoms with Crippen LogP contribution in [0.1, 0.15) is 36.6 Å². The lowest BCUT2D eigenvalue weighted by Gasteiger charge is -2.28. The van der Waals surface area contributed by atoms with Crippen LogP contribution in [0.3, 0.4) is 0 Å². The summed E-state index contributed by atoms with van der Waals surface area (Å²) in [6.45, 7) is 3.87. The van der Waals surface area contributed by atoms with Crippen LogP contribution in [0.25, 0.3) is 0 Å². The first kappa shape index (κ1) is 25.9. The standard InChI is InChI=1S/C29H27ClN4O3S/c1-18-26(19(2)35)27(21-13-14-24(25(15-21)36-3)37-16-20-9-5-4-6-10-20)34-28(31-18)32-29(33-34)38-17-22-11-7-8-12-23(22)30/h4-15,27H,16-17H2,1-3H3,(H,31,32,33). The number of hydrogen-bond donors (Lipinski definition) is 1. The van der Waals surface area contributed by atoms with Crippen LogP contribution in [0.15, 0.2) is 89.2 Å². The van der Waals surface area contributed by atoms with E-state index < -0.39 is 6.04 Å². The number of rotatable bonds is 9. The van der Waals surface area contributed by atoms with E-state index >= 15 is 0 Å². The number of carbonyl (C=O) groups excluding carboxylic acids is 1. The Hall–Kier alpha value is -3.75. The molecule has 0 spiro atoms. The van der Waals surface area contributed by atoms with Gasteiger partial charge in [-0.2, -0.15) is 4.98 Å². The Kier molecular flexibility index (Phi) is 7.72. The van der Waals surface area contributed by atoms with Gasteiger partial charge in [0.05, 0.1) is 7.11 Å². The number of Topliss-reactive ketones (excluding diaryl/α,β-unsaturated/α-hetero) is 1. The molecule has 4 aromatic rings. The predicted octanol–water partition coefficient (Wildman–Crippen LogP) is 6.69. The first-order valence-corrected chi connectivity index (χ1v) is 13.5. The number of benzene rings is 3. The normalized spacial score (nSPS) is 14.6. The monoisotopic (exact) mass is 546 g/mol. The Morgan fingerprint density at radius 2 is 1.84 bits per heavy atom. The third-order valence-electron chi connectivity index (χ3n) is 6.27. The highest BCUT2D eigenvalue weighted by atomic mass is 35.5. The van der Waals surface area contributed by atoms with E-state index in [0.29, 0.717) is 45.6 Å². The highest BCUT2D eigenvalue weighted by Crippen LogP contribution is 2.40. The minimum Gasteiger partial charge on any atom is -0.493 e. The van der Waals surface area contributed by atoms with Crippen molar-refractivity contribution in [2.75, 3.05) is 12.4 Å². The smallest absolute Gasteiger partial charge is 0.227 e. The van der Waals surface area contributed by atoms with Crippen molar-refractivity contribution in [3.8, 4) is 11.5 Å². The number of carbonyl (C=O) groups is 1. The van der Waals surface area contributed by atoms with Gasteiger partial charge in [0.25, 0.3) is 0 Å². The summed E-state index contributed by atoms with van der Waals surface area (Å²) in [4.78, 5) is 17.5. The number of allylic oxidation sites excluding steroid dienone is 2. The molecule has 1 atom stereocenters. The number of nitrogens with one attached hydrogen (secondary N) is 1. The van der Waals surface area contributed by atoms with Crippen LogP contribution in [0.4, 0.5) is 5.95 Å². The van der Waals surface area contributed by atoms with Gasteiger partial charge in [-0.15, -0.1) is 5.10 Å². The molecule has 0 saturated carbocycles. The van der Waals surface area contributed by atoms with Crippen LogP contribution in [-0.2, 0) is 17.2 Å². The minimum absolute atomic E-state index is 0.0465. The number of aromatic nitrogens is 3. The third kappa shape index (κ3) is 5.42. The van der Waals surface area contributed by atoms with Crippen molar-refractivity contribution in [3.05, 3.63) is 106 Å². The number of fused-ring (bicyclic) bond motifs is 1. The zero-order valence-electron chi connectivity index (χ0n) is 21.3. The largest absolute Gasteiger partial charge is 0.493 e. The molecule has 9 heteroatoms. The second-order valence-corrected chi connectivity index (χ2v) is 10.2. The van der Waals surface area contributed by atoms with Gasteiger partial charge in [-0.25, -0.2) is 4.68 Å². The van der Waals surface area contributed by atoms with Crippen molar-refractivity contribution in [1.82, 2.24) is 14.8 Å². The highest BCUT2D eigenvalue weighted by Gasteiger charge is 2.33. The molecule has 7 nitrogen and oxygen atoms in total. The summed E-state index contributed by atoms with van der Waals surface area (Å²) in [5.41, 5.74) is 4.27. The zero-order chi connectivity index (χ0) is 26.6. The maximum absolute atomic E-state index is 12.8. The van der Waals surface area contributed by atoms with Gasteiger partial charge in [-0.1, -0.05) is 78.0 Å². The number of hydrogen-bond acceptors (Lipinski definition) is 7. The van der Waals surface area contributed by atoms with Crippen molar-refractivity contribution in [1.29, 1.82) is 0 Å². The molecule has 38 heavy (non-hydrogen) atoms. The predicted molar refractivity (Wildman–Crippen MR) is 150 cm³/mol. The molecule has 2 heterocycles. The van der Waals surface area contributed by atoms with Crippen LogP contribution in [0, 0.1) is 0 Å². The van der Waals surface area contributed by atoms with E-state index in [1.54, 1.807) is 18.7 Å². The molecule has 1 aliphatic rings. The molecule has 1 aliphatic heterocycles. The SMILES string of the molecule is COc1cc(C2C(C(C)=O)=C(C)Nc3nc(SCc4ccccc4Cl)nn32)ccc1OCc1ccccc1. The van der Waals surface area contributed by atoms with Crippen LogP contribution in [0.5, 0.6) is 11.5 Å². The van der Waals surface area contributed by atoms with Gasteiger partial charge in [-0.05, 0) is 48.7 Å². The number of halogens is 1. The van der Waals surface area contributed by atoms with Gasteiger partial charge in [-0.3, -0.25) is 4.79 Å². The van der Waals surface area contributed by atoms with Crippen molar-refractivity contribution >= 4 is 35.1 Å². The van der Waals surface area contributed by atoms with Crippen molar-refractivity contribution in [3.63, 3.8) is 0 Å². The first-order chi connectivity index (χ1) is 18.4. The number of ketones is 1. The fraction of sp³-hybridized carbons (Fsp3) is 0.207. The molecule has 0 bridgehead atoms. The number of methoxy groups -OCH3 is 1. The second kappa shape index (κ2) is 11.3.